The van der Waals surface area contributed by atoms with E-state index in [1.165, 1.54) is 5.56 Å². The molecule has 0 aliphatic rings. The van der Waals surface area contributed by atoms with E-state index in [0.29, 0.717) is 11.8 Å². The fourth-order valence-electron chi connectivity index (χ4n) is 2.09. The Morgan fingerprint density at radius 1 is 1.19 bits per heavy atom. The molecular formula is C18H24N2O. The summed E-state index contributed by atoms with van der Waals surface area (Å²) in [6.45, 7) is 10.2. The van der Waals surface area contributed by atoms with Crippen molar-refractivity contribution in [2.45, 2.75) is 40.2 Å². The number of ether oxygens (including phenoxy) is 1. The summed E-state index contributed by atoms with van der Waals surface area (Å²) in [4.78, 5) is 4.63. The molecule has 112 valence electrons. The van der Waals surface area contributed by atoms with Crippen molar-refractivity contribution in [1.29, 1.82) is 0 Å². The molecule has 3 heteroatoms. The van der Waals surface area contributed by atoms with Gasteiger partial charge in [0.25, 0.3) is 0 Å². The molecule has 0 aliphatic heterocycles. The van der Waals surface area contributed by atoms with E-state index in [0.717, 1.165) is 30.1 Å². The number of hydrogen-bond donors (Lipinski definition) is 1. The second-order valence-electron chi connectivity index (χ2n) is 5.54. The van der Waals surface area contributed by atoms with Gasteiger partial charge in [-0.2, -0.15) is 0 Å². The van der Waals surface area contributed by atoms with Crippen LogP contribution in [0, 0.1) is 6.92 Å². The van der Waals surface area contributed by atoms with Gasteiger partial charge in [0.15, 0.2) is 0 Å². The van der Waals surface area contributed by atoms with Crippen LogP contribution in [0.3, 0.4) is 0 Å². The van der Waals surface area contributed by atoms with Gasteiger partial charge in [0.1, 0.15) is 5.75 Å². The minimum atomic E-state index is 0.380. The maximum atomic E-state index is 5.98. The third kappa shape index (κ3) is 4.30. The van der Waals surface area contributed by atoms with Crippen LogP contribution in [0.15, 0.2) is 36.4 Å². The molecule has 0 fully saturated rings. The summed E-state index contributed by atoms with van der Waals surface area (Å²) >= 11 is 0. The summed E-state index contributed by atoms with van der Waals surface area (Å²) in [5, 5.41) is 3.35. The minimum Gasteiger partial charge on any atom is -0.439 e. The number of nitrogens with one attached hydrogen (secondary N) is 1. The van der Waals surface area contributed by atoms with Gasteiger partial charge in [-0.15, -0.1) is 0 Å². The van der Waals surface area contributed by atoms with Gasteiger partial charge < -0.3 is 10.1 Å². The Bertz CT molecular complexity index is 594. The fourth-order valence-corrected chi connectivity index (χ4v) is 2.09. The van der Waals surface area contributed by atoms with Crippen LogP contribution in [-0.2, 0) is 6.54 Å². The van der Waals surface area contributed by atoms with E-state index in [1.54, 1.807) is 0 Å². The molecule has 0 spiro atoms. The Balaban J connectivity index is 2.29. The van der Waals surface area contributed by atoms with Crippen LogP contribution < -0.4 is 10.1 Å². The van der Waals surface area contributed by atoms with Gasteiger partial charge in [0.05, 0.1) is 0 Å². The molecule has 0 bridgehead atoms. The summed E-state index contributed by atoms with van der Waals surface area (Å²) in [5.74, 6) is 1.91. The highest BCUT2D eigenvalue weighted by Gasteiger charge is 2.09. The predicted octanol–water partition coefficient (Wildman–Crippen LogP) is 4.42. The van der Waals surface area contributed by atoms with E-state index in [9.17, 15) is 0 Å². The van der Waals surface area contributed by atoms with Crippen molar-refractivity contribution in [2.75, 3.05) is 6.54 Å². The van der Waals surface area contributed by atoms with Crippen LogP contribution in [-0.4, -0.2) is 11.5 Å². The molecule has 0 unspecified atom stereocenters. The molecule has 2 rings (SSSR count). The van der Waals surface area contributed by atoms with E-state index in [1.807, 2.05) is 37.3 Å². The quantitative estimate of drug-likeness (QED) is 0.853. The standard InChI is InChI=1S/C18H24N2O/c1-5-19-12-15-10-16(13(2)3)20-18(11-15)21-17-9-7-6-8-14(17)4/h6-11,13,19H,5,12H2,1-4H3. The maximum absolute atomic E-state index is 5.98. The van der Waals surface area contributed by atoms with Crippen molar-refractivity contribution in [1.82, 2.24) is 10.3 Å². The number of para-hydroxylation sites is 1. The van der Waals surface area contributed by atoms with Crippen LogP contribution in [0.4, 0.5) is 0 Å². The predicted molar refractivity (Wildman–Crippen MR) is 87.0 cm³/mol. The Hall–Kier alpha value is -1.87. The Kier molecular flexibility index (Phi) is 5.34. The average Bonchev–Trinajstić information content (AvgIpc) is 2.47. The molecular weight excluding hydrogens is 260 g/mol. The van der Waals surface area contributed by atoms with E-state index < -0.39 is 0 Å². The summed E-state index contributed by atoms with van der Waals surface area (Å²) in [6, 6.07) is 12.2. The van der Waals surface area contributed by atoms with Crippen molar-refractivity contribution >= 4 is 0 Å². The first-order valence-corrected chi connectivity index (χ1v) is 7.55. The molecule has 1 aromatic carbocycles. The molecule has 3 nitrogen and oxygen atoms in total. The van der Waals surface area contributed by atoms with E-state index in [4.69, 9.17) is 4.74 Å². The van der Waals surface area contributed by atoms with Gasteiger partial charge in [0, 0.05) is 18.3 Å². The number of benzene rings is 1. The van der Waals surface area contributed by atoms with Crippen molar-refractivity contribution in [3.8, 4) is 11.6 Å². The van der Waals surface area contributed by atoms with E-state index in [-0.39, 0.29) is 0 Å². The zero-order valence-corrected chi connectivity index (χ0v) is 13.3. The lowest BCUT2D eigenvalue weighted by atomic mass is 10.1. The summed E-state index contributed by atoms with van der Waals surface area (Å²) in [5.41, 5.74) is 3.38. The molecule has 1 aromatic heterocycles. The third-order valence-electron chi connectivity index (χ3n) is 3.36. The molecule has 1 N–H and O–H groups in total. The lowest BCUT2D eigenvalue weighted by Crippen LogP contribution is -2.12. The maximum Gasteiger partial charge on any atom is 0.219 e. The topological polar surface area (TPSA) is 34.1 Å². The SMILES string of the molecule is CCNCc1cc(Oc2ccccc2C)nc(C(C)C)c1. The van der Waals surface area contributed by atoms with Crippen molar-refractivity contribution in [3.63, 3.8) is 0 Å². The van der Waals surface area contributed by atoms with Crippen LogP contribution in [0.5, 0.6) is 11.6 Å². The first kappa shape index (κ1) is 15.5. The number of nitrogens with zero attached hydrogens (tertiary/aromatic N) is 1. The number of aryl methyl sites for hydroxylation is 1. The van der Waals surface area contributed by atoms with E-state index in [2.05, 4.69) is 37.1 Å². The first-order chi connectivity index (χ1) is 10.1. The Morgan fingerprint density at radius 2 is 1.95 bits per heavy atom. The number of aromatic nitrogens is 1. The van der Waals surface area contributed by atoms with Gasteiger partial charge in [0.2, 0.25) is 5.88 Å². The van der Waals surface area contributed by atoms with Crippen molar-refractivity contribution in [3.05, 3.63) is 53.2 Å². The van der Waals surface area contributed by atoms with Gasteiger partial charge in [-0.05, 0) is 42.6 Å². The highest BCUT2D eigenvalue weighted by atomic mass is 16.5. The molecule has 0 saturated heterocycles. The minimum absolute atomic E-state index is 0.380. The van der Waals surface area contributed by atoms with Crippen molar-refractivity contribution in [2.24, 2.45) is 0 Å². The normalized spacial score (nSPS) is 10.9. The molecule has 1 heterocycles. The molecule has 0 saturated carbocycles. The molecule has 2 aromatic rings. The Morgan fingerprint density at radius 3 is 2.62 bits per heavy atom. The van der Waals surface area contributed by atoms with E-state index >= 15 is 0 Å². The number of pyridine rings is 1. The van der Waals surface area contributed by atoms with Crippen LogP contribution >= 0.6 is 0 Å². The first-order valence-electron chi connectivity index (χ1n) is 7.55. The smallest absolute Gasteiger partial charge is 0.219 e. The van der Waals surface area contributed by atoms with Crippen LogP contribution in [0.2, 0.25) is 0 Å². The molecule has 0 atom stereocenters. The fraction of sp³-hybridized carbons (Fsp3) is 0.389. The summed E-state index contributed by atoms with van der Waals surface area (Å²) in [6.07, 6.45) is 0. The second-order valence-corrected chi connectivity index (χ2v) is 5.54. The zero-order chi connectivity index (χ0) is 15.2. The van der Waals surface area contributed by atoms with Crippen LogP contribution in [0.25, 0.3) is 0 Å². The van der Waals surface area contributed by atoms with Crippen molar-refractivity contribution < 1.29 is 4.74 Å². The highest BCUT2D eigenvalue weighted by Crippen LogP contribution is 2.26. The second kappa shape index (κ2) is 7.23. The molecule has 0 amide bonds. The Labute approximate surface area is 127 Å². The highest BCUT2D eigenvalue weighted by molar-refractivity contribution is 5.36. The average molecular weight is 284 g/mol. The third-order valence-corrected chi connectivity index (χ3v) is 3.36. The largest absolute Gasteiger partial charge is 0.439 e. The van der Waals surface area contributed by atoms with Crippen LogP contribution in [0.1, 0.15) is 43.5 Å². The lowest BCUT2D eigenvalue weighted by Gasteiger charge is -2.13. The summed E-state index contributed by atoms with van der Waals surface area (Å²) < 4.78 is 5.98. The number of rotatable bonds is 6. The lowest BCUT2D eigenvalue weighted by molar-refractivity contribution is 0.455. The molecule has 0 aliphatic carbocycles. The van der Waals surface area contributed by atoms with Gasteiger partial charge in [-0.1, -0.05) is 39.0 Å². The van der Waals surface area contributed by atoms with Gasteiger partial charge in [-0.25, -0.2) is 4.98 Å². The summed E-state index contributed by atoms with van der Waals surface area (Å²) in [7, 11) is 0. The zero-order valence-electron chi connectivity index (χ0n) is 13.3. The monoisotopic (exact) mass is 284 g/mol. The molecule has 0 radical (unpaired) electrons. The molecule has 21 heavy (non-hydrogen) atoms. The number of hydrogen-bond acceptors (Lipinski definition) is 3. The van der Waals surface area contributed by atoms with Gasteiger partial charge >= 0.3 is 0 Å². The van der Waals surface area contributed by atoms with Gasteiger partial charge in [-0.3, -0.25) is 0 Å².